The Balaban J connectivity index is 1.95. The van der Waals surface area contributed by atoms with Gasteiger partial charge in [0.1, 0.15) is 5.82 Å². The molecule has 26 heavy (non-hydrogen) atoms. The van der Waals surface area contributed by atoms with E-state index in [9.17, 15) is 18.0 Å². The van der Waals surface area contributed by atoms with Crippen LogP contribution < -0.4 is 15.5 Å². The van der Waals surface area contributed by atoms with E-state index >= 15 is 0 Å². The highest BCUT2D eigenvalue weighted by Gasteiger charge is 2.33. The first-order valence-corrected chi connectivity index (χ1v) is 8.37. The van der Waals surface area contributed by atoms with Crippen LogP contribution in [0.2, 0.25) is 0 Å². The fourth-order valence-electron chi connectivity index (χ4n) is 1.94. The molecule has 0 aliphatic heterocycles. The van der Waals surface area contributed by atoms with Crippen molar-refractivity contribution in [2.45, 2.75) is 6.18 Å². The maximum atomic E-state index is 12.9. The first kappa shape index (κ1) is 20.0. The van der Waals surface area contributed by atoms with Crippen LogP contribution in [-0.2, 0) is 6.18 Å². The van der Waals surface area contributed by atoms with Gasteiger partial charge in [-0.15, -0.1) is 0 Å². The Labute approximate surface area is 157 Å². The summed E-state index contributed by atoms with van der Waals surface area (Å²) in [6.45, 7) is 0.377. The largest absolute Gasteiger partial charge is 0.433 e. The summed E-state index contributed by atoms with van der Waals surface area (Å²) in [6.07, 6.45) is -4.57. The lowest BCUT2D eigenvalue weighted by atomic mass is 10.2. The van der Waals surface area contributed by atoms with Gasteiger partial charge in [-0.1, -0.05) is 15.9 Å². The number of anilines is 2. The molecule has 0 aliphatic rings. The average molecular weight is 432 g/mol. The van der Waals surface area contributed by atoms with Crippen molar-refractivity contribution in [3.05, 3.63) is 46.1 Å². The predicted molar refractivity (Wildman–Crippen MR) is 96.3 cm³/mol. The highest BCUT2D eigenvalue weighted by molar-refractivity contribution is 9.10. The molecule has 2 aromatic rings. The molecule has 1 amide bonds. The van der Waals surface area contributed by atoms with Crippen molar-refractivity contribution in [1.29, 1.82) is 0 Å². The van der Waals surface area contributed by atoms with E-state index < -0.39 is 11.9 Å². The molecule has 0 fully saturated rings. The van der Waals surface area contributed by atoms with Crippen molar-refractivity contribution in [2.24, 2.45) is 0 Å². The van der Waals surface area contributed by atoms with E-state index in [0.717, 1.165) is 10.5 Å². The Hall–Kier alpha value is -2.36. The molecule has 2 rings (SSSR count). The van der Waals surface area contributed by atoms with E-state index in [2.05, 4.69) is 36.5 Å². The van der Waals surface area contributed by atoms with E-state index in [1.807, 2.05) is 0 Å². The molecule has 0 spiro atoms. The van der Waals surface area contributed by atoms with Crippen LogP contribution in [0.4, 0.5) is 24.9 Å². The molecular weight excluding hydrogens is 415 g/mol. The highest BCUT2D eigenvalue weighted by Crippen LogP contribution is 2.30. The van der Waals surface area contributed by atoms with E-state index in [1.165, 1.54) is 4.90 Å². The fourth-order valence-corrected chi connectivity index (χ4v) is 2.21. The summed E-state index contributed by atoms with van der Waals surface area (Å²) >= 11 is 3.28. The number of hydrogen-bond donors (Lipinski definition) is 2. The van der Waals surface area contributed by atoms with Crippen molar-refractivity contribution >= 4 is 33.6 Å². The van der Waals surface area contributed by atoms with Crippen LogP contribution in [-0.4, -0.2) is 43.1 Å². The molecule has 0 bridgehead atoms. The number of benzene rings is 1. The Kier molecular flexibility index (Phi) is 6.41. The van der Waals surface area contributed by atoms with Gasteiger partial charge in [-0.05, 0) is 24.3 Å². The molecule has 0 saturated carbocycles. The summed E-state index contributed by atoms with van der Waals surface area (Å²) < 4.78 is 39.6. The SMILES string of the molecule is CN(C)c1cc(C(F)(F)F)nc(NCCNC(=O)c2ccc(Br)cc2)n1. The van der Waals surface area contributed by atoms with Crippen molar-refractivity contribution in [3.8, 4) is 0 Å². The van der Waals surface area contributed by atoms with Crippen molar-refractivity contribution < 1.29 is 18.0 Å². The number of rotatable bonds is 6. The summed E-state index contributed by atoms with van der Waals surface area (Å²) in [7, 11) is 3.18. The third kappa shape index (κ3) is 5.58. The molecule has 0 unspecified atom stereocenters. The number of halogens is 4. The van der Waals surface area contributed by atoms with Crippen molar-refractivity contribution in [2.75, 3.05) is 37.4 Å². The molecule has 0 radical (unpaired) electrons. The van der Waals surface area contributed by atoms with Gasteiger partial charge in [0.2, 0.25) is 5.95 Å². The molecule has 1 aromatic heterocycles. The molecule has 1 heterocycles. The lowest BCUT2D eigenvalue weighted by Crippen LogP contribution is -2.29. The Morgan fingerprint density at radius 1 is 1.15 bits per heavy atom. The fraction of sp³-hybridized carbons (Fsp3) is 0.312. The second kappa shape index (κ2) is 8.35. The van der Waals surface area contributed by atoms with Gasteiger partial charge in [0.25, 0.3) is 5.91 Å². The Bertz CT molecular complexity index is 765. The standard InChI is InChI=1S/C16H17BrF3N5O/c1-25(2)13-9-12(16(18,19)20)23-15(24-13)22-8-7-21-14(26)10-3-5-11(17)6-4-10/h3-6,9H,7-8H2,1-2H3,(H,21,26)(H,22,23,24). The smallest absolute Gasteiger partial charge is 0.363 e. The maximum absolute atomic E-state index is 12.9. The van der Waals surface area contributed by atoms with E-state index in [4.69, 9.17) is 0 Å². The first-order valence-electron chi connectivity index (χ1n) is 7.58. The first-order chi connectivity index (χ1) is 12.2. The zero-order valence-electron chi connectivity index (χ0n) is 14.1. The van der Waals surface area contributed by atoms with Crippen molar-refractivity contribution in [1.82, 2.24) is 15.3 Å². The number of carbonyl (C=O) groups is 1. The molecule has 6 nitrogen and oxygen atoms in total. The zero-order chi connectivity index (χ0) is 19.3. The van der Waals surface area contributed by atoms with Gasteiger partial charge in [0.15, 0.2) is 5.69 Å². The van der Waals surface area contributed by atoms with E-state index in [-0.39, 0.29) is 30.8 Å². The summed E-state index contributed by atoms with van der Waals surface area (Å²) in [5.74, 6) is -0.298. The maximum Gasteiger partial charge on any atom is 0.433 e. The highest BCUT2D eigenvalue weighted by atomic mass is 79.9. The van der Waals surface area contributed by atoms with Gasteiger partial charge >= 0.3 is 6.18 Å². The number of nitrogens with one attached hydrogen (secondary N) is 2. The molecule has 1 aromatic carbocycles. The normalized spacial score (nSPS) is 11.2. The predicted octanol–water partition coefficient (Wildman–Crippen LogP) is 3.17. The third-order valence-electron chi connectivity index (χ3n) is 3.26. The van der Waals surface area contributed by atoms with Gasteiger partial charge in [-0.25, -0.2) is 4.98 Å². The number of hydrogen-bond acceptors (Lipinski definition) is 5. The quantitative estimate of drug-likeness (QED) is 0.687. The Morgan fingerprint density at radius 3 is 2.38 bits per heavy atom. The number of carbonyl (C=O) groups excluding carboxylic acids is 1. The average Bonchev–Trinajstić information content (AvgIpc) is 2.58. The molecule has 140 valence electrons. The van der Waals surface area contributed by atoms with Crippen molar-refractivity contribution in [3.63, 3.8) is 0 Å². The van der Waals surface area contributed by atoms with Gasteiger partial charge < -0.3 is 15.5 Å². The number of nitrogens with zero attached hydrogens (tertiary/aromatic N) is 3. The molecule has 10 heteroatoms. The van der Waals surface area contributed by atoms with Crippen LogP contribution in [0, 0.1) is 0 Å². The van der Waals surface area contributed by atoms with Crippen LogP contribution in [0.5, 0.6) is 0 Å². The van der Waals surface area contributed by atoms with Gasteiger partial charge in [0, 0.05) is 43.3 Å². The second-order valence-corrected chi connectivity index (χ2v) is 6.43. The minimum absolute atomic E-state index is 0.133. The molecule has 0 atom stereocenters. The minimum Gasteiger partial charge on any atom is -0.363 e. The summed E-state index contributed by atoms with van der Waals surface area (Å²) in [5, 5.41) is 5.36. The monoisotopic (exact) mass is 431 g/mol. The van der Waals surface area contributed by atoms with Crippen LogP contribution in [0.1, 0.15) is 16.1 Å². The lowest BCUT2D eigenvalue weighted by Gasteiger charge is -2.16. The van der Waals surface area contributed by atoms with Crippen LogP contribution in [0.15, 0.2) is 34.8 Å². The van der Waals surface area contributed by atoms with Gasteiger partial charge in [-0.2, -0.15) is 18.2 Å². The number of aromatic nitrogens is 2. The van der Waals surface area contributed by atoms with Crippen LogP contribution in [0.3, 0.4) is 0 Å². The summed E-state index contributed by atoms with van der Waals surface area (Å²) in [5.41, 5.74) is -0.545. The third-order valence-corrected chi connectivity index (χ3v) is 3.79. The Morgan fingerprint density at radius 2 is 1.81 bits per heavy atom. The van der Waals surface area contributed by atoms with Crippen LogP contribution >= 0.6 is 15.9 Å². The van der Waals surface area contributed by atoms with E-state index in [0.29, 0.717) is 5.56 Å². The zero-order valence-corrected chi connectivity index (χ0v) is 15.6. The molecule has 0 saturated heterocycles. The summed E-state index contributed by atoms with van der Waals surface area (Å²) in [6, 6.07) is 7.68. The minimum atomic E-state index is -4.57. The topological polar surface area (TPSA) is 70.2 Å². The van der Waals surface area contributed by atoms with E-state index in [1.54, 1.807) is 38.4 Å². The van der Waals surface area contributed by atoms with Gasteiger partial charge in [0.05, 0.1) is 0 Å². The number of amides is 1. The lowest BCUT2D eigenvalue weighted by molar-refractivity contribution is -0.141. The second-order valence-electron chi connectivity index (χ2n) is 5.52. The molecular formula is C16H17BrF3N5O. The number of alkyl halides is 3. The molecule has 2 N–H and O–H groups in total. The van der Waals surface area contributed by atoms with Gasteiger partial charge in [-0.3, -0.25) is 4.79 Å². The molecule has 0 aliphatic carbocycles. The van der Waals surface area contributed by atoms with Crippen LogP contribution in [0.25, 0.3) is 0 Å². The summed E-state index contributed by atoms with van der Waals surface area (Å²) in [4.78, 5) is 20.9.